The summed E-state index contributed by atoms with van der Waals surface area (Å²) >= 11 is 2.97. The molecule has 26 heavy (non-hydrogen) atoms. The number of carbonyl (C=O) groups excluding carboxylic acids is 3. The lowest BCUT2D eigenvalue weighted by Gasteiger charge is -2.13. The summed E-state index contributed by atoms with van der Waals surface area (Å²) in [5.74, 6) is 0.0351. The molecule has 1 aliphatic rings. The number of benzene rings is 1. The van der Waals surface area contributed by atoms with Gasteiger partial charge in [-0.15, -0.1) is 0 Å². The van der Waals surface area contributed by atoms with Gasteiger partial charge in [-0.1, -0.05) is 6.92 Å². The van der Waals surface area contributed by atoms with Crippen molar-refractivity contribution in [1.29, 1.82) is 0 Å². The maximum atomic E-state index is 12.3. The fourth-order valence-electron chi connectivity index (χ4n) is 2.22. The number of nitrogens with zero attached hydrogens (tertiary/aromatic N) is 1. The molecule has 0 aromatic heterocycles. The summed E-state index contributed by atoms with van der Waals surface area (Å²) in [5.41, 5.74) is 0.693. The lowest BCUT2D eigenvalue weighted by Crippen LogP contribution is -2.28. The summed E-state index contributed by atoms with van der Waals surface area (Å²) < 4.78 is 16.0. The maximum absolute atomic E-state index is 12.3. The Kier molecular flexibility index (Phi) is 7.33. The van der Waals surface area contributed by atoms with Crippen molar-refractivity contribution >= 4 is 57.5 Å². The van der Waals surface area contributed by atoms with E-state index in [2.05, 4.69) is 27.3 Å². The van der Waals surface area contributed by atoms with Crippen molar-refractivity contribution in [2.24, 2.45) is 0 Å². The van der Waals surface area contributed by atoms with Gasteiger partial charge in [-0.05, 0) is 64.5 Å². The van der Waals surface area contributed by atoms with Crippen LogP contribution in [0.3, 0.4) is 0 Å². The Morgan fingerprint density at radius 2 is 2.04 bits per heavy atom. The molecule has 0 unspecified atom stereocenters. The first-order valence-corrected chi connectivity index (χ1v) is 9.63. The van der Waals surface area contributed by atoms with Crippen LogP contribution in [0.4, 0.5) is 4.79 Å². The van der Waals surface area contributed by atoms with Crippen molar-refractivity contribution in [2.75, 3.05) is 27.4 Å². The number of thioether (sulfide) groups is 1. The molecule has 0 spiro atoms. The van der Waals surface area contributed by atoms with Crippen molar-refractivity contribution in [3.8, 4) is 11.5 Å². The first kappa shape index (κ1) is 20.6. The Morgan fingerprint density at radius 1 is 1.31 bits per heavy atom. The highest BCUT2D eigenvalue weighted by atomic mass is 127. The molecule has 1 heterocycles. The van der Waals surface area contributed by atoms with Crippen molar-refractivity contribution in [3.63, 3.8) is 0 Å². The molecule has 0 saturated carbocycles. The summed E-state index contributed by atoms with van der Waals surface area (Å²) in [6.07, 6.45) is 2.36. The number of imide groups is 1. The molecule has 1 aromatic carbocycles. The minimum absolute atomic E-state index is 0.238. The lowest BCUT2D eigenvalue weighted by atomic mass is 10.2. The van der Waals surface area contributed by atoms with Gasteiger partial charge >= 0.3 is 5.97 Å². The molecule has 2 amide bonds. The van der Waals surface area contributed by atoms with Gasteiger partial charge in [0, 0.05) is 6.54 Å². The molecule has 1 fully saturated rings. The Balaban J connectivity index is 2.28. The van der Waals surface area contributed by atoms with Crippen molar-refractivity contribution in [2.45, 2.75) is 13.3 Å². The Bertz CT molecular complexity index is 764. The second-order valence-electron chi connectivity index (χ2n) is 5.23. The van der Waals surface area contributed by atoms with Gasteiger partial charge in [-0.25, -0.2) is 4.79 Å². The molecule has 2 rings (SSSR count). The number of esters is 1. The highest BCUT2D eigenvalue weighted by Crippen LogP contribution is 2.37. The SMILES string of the molecule is CCCN1C(=O)S/C(=C/c2cc(I)c(OCC(=O)OC)c(OC)c2)C1=O. The van der Waals surface area contributed by atoms with Gasteiger partial charge in [-0.2, -0.15) is 0 Å². The average molecular weight is 491 g/mol. The molecule has 7 nitrogen and oxygen atoms in total. The number of hydrogen-bond donors (Lipinski definition) is 0. The standard InChI is InChI=1S/C17H18INO6S/c1-4-5-19-16(21)13(26-17(19)22)8-10-6-11(18)15(12(7-10)23-2)25-9-14(20)24-3/h6-8H,4-5,9H2,1-3H3/b13-8+. The predicted octanol–water partition coefficient (Wildman–Crippen LogP) is 3.30. The minimum Gasteiger partial charge on any atom is -0.493 e. The Morgan fingerprint density at radius 3 is 2.65 bits per heavy atom. The number of halogens is 1. The van der Waals surface area contributed by atoms with E-state index >= 15 is 0 Å². The van der Waals surface area contributed by atoms with Crippen molar-refractivity contribution < 1.29 is 28.6 Å². The normalized spacial score (nSPS) is 15.5. The largest absolute Gasteiger partial charge is 0.493 e. The molecule has 0 bridgehead atoms. The number of rotatable bonds is 7. The number of ether oxygens (including phenoxy) is 3. The van der Waals surface area contributed by atoms with Crippen LogP contribution in [-0.2, 0) is 14.3 Å². The van der Waals surface area contributed by atoms with Crippen LogP contribution in [0.15, 0.2) is 17.0 Å². The minimum atomic E-state index is -0.503. The van der Waals surface area contributed by atoms with E-state index in [1.54, 1.807) is 18.2 Å². The maximum Gasteiger partial charge on any atom is 0.343 e. The summed E-state index contributed by atoms with van der Waals surface area (Å²) in [6.45, 7) is 2.08. The molecule has 0 aliphatic carbocycles. The fourth-order valence-corrected chi connectivity index (χ4v) is 3.87. The fraction of sp³-hybridized carbons (Fsp3) is 0.353. The monoisotopic (exact) mass is 491 g/mol. The summed E-state index contributed by atoms with van der Waals surface area (Å²) in [7, 11) is 2.76. The molecule has 140 valence electrons. The molecular formula is C17H18INO6S. The van der Waals surface area contributed by atoms with Gasteiger partial charge in [0.05, 0.1) is 22.7 Å². The number of amides is 2. The van der Waals surface area contributed by atoms with Crippen LogP contribution < -0.4 is 9.47 Å². The zero-order valence-corrected chi connectivity index (χ0v) is 17.5. The summed E-state index contributed by atoms with van der Waals surface area (Å²) in [6, 6.07) is 3.46. The third-order valence-electron chi connectivity index (χ3n) is 3.43. The molecule has 1 saturated heterocycles. The number of hydrogen-bond acceptors (Lipinski definition) is 7. The van der Waals surface area contributed by atoms with Crippen LogP contribution in [0.2, 0.25) is 0 Å². The first-order chi connectivity index (χ1) is 12.4. The predicted molar refractivity (Wildman–Crippen MR) is 106 cm³/mol. The van der Waals surface area contributed by atoms with E-state index in [0.717, 1.165) is 11.8 Å². The molecule has 9 heteroatoms. The van der Waals surface area contributed by atoms with Gasteiger partial charge in [0.15, 0.2) is 18.1 Å². The van der Waals surface area contributed by atoms with Crippen LogP contribution in [0.1, 0.15) is 18.9 Å². The average Bonchev–Trinajstić information content (AvgIpc) is 2.87. The van der Waals surface area contributed by atoms with Crippen LogP contribution in [-0.4, -0.2) is 49.4 Å². The number of carbonyl (C=O) groups is 3. The zero-order valence-electron chi connectivity index (χ0n) is 14.5. The van der Waals surface area contributed by atoms with E-state index in [9.17, 15) is 14.4 Å². The van der Waals surface area contributed by atoms with E-state index in [4.69, 9.17) is 9.47 Å². The molecule has 1 aliphatic heterocycles. The number of methoxy groups -OCH3 is 2. The highest BCUT2D eigenvalue weighted by molar-refractivity contribution is 14.1. The van der Waals surface area contributed by atoms with E-state index in [0.29, 0.717) is 38.5 Å². The molecule has 0 N–H and O–H groups in total. The molecular weight excluding hydrogens is 473 g/mol. The first-order valence-electron chi connectivity index (χ1n) is 7.73. The van der Waals surface area contributed by atoms with Gasteiger partial charge in [0.25, 0.3) is 11.1 Å². The lowest BCUT2D eigenvalue weighted by molar-refractivity contribution is -0.143. The Labute approximate surface area is 169 Å². The quantitative estimate of drug-likeness (QED) is 0.329. The van der Waals surface area contributed by atoms with Gasteiger partial charge < -0.3 is 14.2 Å². The summed E-state index contributed by atoms with van der Waals surface area (Å²) in [4.78, 5) is 37.1. The zero-order chi connectivity index (χ0) is 19.3. The second kappa shape index (κ2) is 9.26. The highest BCUT2D eigenvalue weighted by Gasteiger charge is 2.34. The van der Waals surface area contributed by atoms with E-state index in [1.165, 1.54) is 19.1 Å². The second-order valence-corrected chi connectivity index (χ2v) is 7.39. The van der Waals surface area contributed by atoms with Crippen molar-refractivity contribution in [1.82, 2.24) is 4.90 Å². The van der Waals surface area contributed by atoms with Crippen LogP contribution >= 0.6 is 34.4 Å². The van der Waals surface area contributed by atoms with Crippen LogP contribution in [0.25, 0.3) is 6.08 Å². The van der Waals surface area contributed by atoms with E-state index in [1.807, 2.05) is 6.92 Å². The molecule has 0 atom stereocenters. The van der Waals surface area contributed by atoms with Gasteiger partial charge in [0.2, 0.25) is 0 Å². The van der Waals surface area contributed by atoms with Gasteiger partial charge in [-0.3, -0.25) is 14.5 Å². The molecule has 1 aromatic rings. The third kappa shape index (κ3) is 4.70. The third-order valence-corrected chi connectivity index (χ3v) is 5.14. The topological polar surface area (TPSA) is 82.1 Å². The van der Waals surface area contributed by atoms with Crippen LogP contribution in [0, 0.1) is 3.57 Å². The smallest absolute Gasteiger partial charge is 0.343 e. The van der Waals surface area contributed by atoms with E-state index < -0.39 is 5.97 Å². The van der Waals surface area contributed by atoms with Crippen LogP contribution in [0.5, 0.6) is 11.5 Å². The van der Waals surface area contributed by atoms with Gasteiger partial charge in [0.1, 0.15) is 0 Å². The molecule has 0 radical (unpaired) electrons. The summed E-state index contributed by atoms with van der Waals surface area (Å²) in [5, 5.41) is -0.261. The Hall–Kier alpha value is -1.75. The van der Waals surface area contributed by atoms with Crippen molar-refractivity contribution in [3.05, 3.63) is 26.2 Å². The van der Waals surface area contributed by atoms with E-state index in [-0.39, 0.29) is 17.8 Å².